The third kappa shape index (κ3) is 8.38. The van der Waals surface area contributed by atoms with Gasteiger partial charge in [0.25, 0.3) is 0 Å². The van der Waals surface area contributed by atoms with Crippen molar-refractivity contribution in [3.63, 3.8) is 0 Å². The smallest absolute Gasteiger partial charge is 0.323 e. The Morgan fingerprint density at radius 2 is 1.66 bits per heavy atom. The maximum Gasteiger partial charge on any atom is 0.323 e. The van der Waals surface area contributed by atoms with Crippen molar-refractivity contribution in [2.24, 2.45) is 5.92 Å². The summed E-state index contributed by atoms with van der Waals surface area (Å²) in [7, 11) is 3.18. The number of carbonyl (C=O) groups excluding carboxylic acids is 3. The van der Waals surface area contributed by atoms with Gasteiger partial charge in [0.1, 0.15) is 23.4 Å². The molecule has 5 amide bonds. The van der Waals surface area contributed by atoms with Gasteiger partial charge in [-0.2, -0.15) is 0 Å². The summed E-state index contributed by atoms with van der Waals surface area (Å²) in [5.74, 6) is 0.270. The fourth-order valence-corrected chi connectivity index (χ4v) is 4.80. The van der Waals surface area contributed by atoms with Gasteiger partial charge in [-0.3, -0.25) is 4.79 Å². The molecule has 3 aromatic carbocycles. The second kappa shape index (κ2) is 14.6. The molecule has 0 fully saturated rings. The summed E-state index contributed by atoms with van der Waals surface area (Å²) >= 11 is 0. The Morgan fingerprint density at radius 1 is 1.05 bits per heavy atom. The van der Waals surface area contributed by atoms with E-state index in [0.717, 1.165) is 0 Å². The minimum Gasteiger partial charge on any atom is -0.497 e. The van der Waals surface area contributed by atoms with E-state index >= 15 is 0 Å². The molecule has 11 nitrogen and oxygen atoms in total. The number of hydrogen-bond donors (Lipinski definition) is 4. The van der Waals surface area contributed by atoms with E-state index in [9.17, 15) is 23.9 Å². The SMILES string of the molecule is COc1ccc(NC(=O)Nc2ccc3c(c2)CC(=O)N([C@@H](C)CO)C[C@H](C)[C@H](CN(C)C(=O)Nc2ccc(F)cc2)O3)cc1. The van der Waals surface area contributed by atoms with E-state index in [2.05, 4.69) is 16.0 Å². The molecular formula is C32H38FN5O6. The van der Waals surface area contributed by atoms with E-state index in [4.69, 9.17) is 9.47 Å². The van der Waals surface area contributed by atoms with Gasteiger partial charge in [0.2, 0.25) is 5.91 Å². The van der Waals surface area contributed by atoms with Crippen LogP contribution in [-0.2, 0) is 11.2 Å². The molecule has 0 unspecified atom stereocenters. The zero-order valence-corrected chi connectivity index (χ0v) is 25.2. The highest BCUT2D eigenvalue weighted by Crippen LogP contribution is 2.29. The lowest BCUT2D eigenvalue weighted by Gasteiger charge is -2.34. The van der Waals surface area contributed by atoms with Crippen molar-refractivity contribution in [3.05, 3.63) is 78.1 Å². The number of amides is 5. The van der Waals surface area contributed by atoms with Crippen LogP contribution in [0.4, 0.5) is 31.0 Å². The Labute approximate surface area is 255 Å². The summed E-state index contributed by atoms with van der Waals surface area (Å²) in [5, 5.41) is 18.2. The number of ether oxygens (including phenoxy) is 2. The van der Waals surface area contributed by atoms with Crippen molar-refractivity contribution in [1.29, 1.82) is 0 Å². The Bertz CT molecular complexity index is 1450. The molecule has 0 aromatic heterocycles. The number of methoxy groups -OCH3 is 1. The van der Waals surface area contributed by atoms with E-state index in [1.807, 2.05) is 6.92 Å². The van der Waals surface area contributed by atoms with Crippen LogP contribution >= 0.6 is 0 Å². The molecule has 0 aliphatic carbocycles. The van der Waals surface area contributed by atoms with Gasteiger partial charge in [0.05, 0.1) is 32.7 Å². The first-order valence-electron chi connectivity index (χ1n) is 14.3. The molecule has 3 aromatic rings. The van der Waals surface area contributed by atoms with Crippen molar-refractivity contribution >= 4 is 35.0 Å². The first kappa shape index (κ1) is 32.1. The normalized spacial score (nSPS) is 17.1. The van der Waals surface area contributed by atoms with E-state index in [0.29, 0.717) is 40.7 Å². The van der Waals surface area contributed by atoms with Crippen molar-refractivity contribution < 1.29 is 33.4 Å². The van der Waals surface area contributed by atoms with Gasteiger partial charge >= 0.3 is 12.1 Å². The standard InChI is InChI=1S/C32H38FN5O6/c1-20-17-38(21(2)19-39)30(40)16-22-15-26(35-31(41)34-24-9-12-27(43-4)13-10-24)11-14-28(22)44-29(20)18-37(3)32(42)36-25-7-5-23(33)6-8-25/h5-15,20-21,29,39H,16-19H2,1-4H3,(H,36,42)(H2,34,35,41)/t20-,21-,29-/m0/s1. The van der Waals surface area contributed by atoms with Crippen molar-refractivity contribution in [3.8, 4) is 11.5 Å². The number of carbonyl (C=O) groups is 3. The van der Waals surface area contributed by atoms with Crippen LogP contribution in [0.3, 0.4) is 0 Å². The number of benzene rings is 3. The average molecular weight is 608 g/mol. The molecule has 1 heterocycles. The fraction of sp³-hybridized carbons (Fsp3) is 0.344. The van der Waals surface area contributed by atoms with E-state index in [-0.39, 0.29) is 31.4 Å². The number of hydrogen-bond acceptors (Lipinski definition) is 6. The predicted molar refractivity (Wildman–Crippen MR) is 166 cm³/mol. The molecule has 4 N–H and O–H groups in total. The Balaban J connectivity index is 1.54. The quantitative estimate of drug-likeness (QED) is 0.291. The molecule has 12 heteroatoms. The molecule has 1 aliphatic heterocycles. The number of halogens is 1. The summed E-state index contributed by atoms with van der Waals surface area (Å²) in [6.07, 6.45) is -0.551. The van der Waals surface area contributed by atoms with E-state index < -0.39 is 30.0 Å². The lowest BCUT2D eigenvalue weighted by molar-refractivity contribution is -0.134. The maximum atomic E-state index is 13.5. The largest absolute Gasteiger partial charge is 0.497 e. The minimum atomic E-state index is -0.533. The summed E-state index contributed by atoms with van der Waals surface area (Å²) in [5.41, 5.74) is 2.02. The van der Waals surface area contributed by atoms with E-state index in [1.165, 1.54) is 29.2 Å². The third-order valence-corrected chi connectivity index (χ3v) is 7.42. The summed E-state index contributed by atoms with van der Waals surface area (Å²) in [6.45, 7) is 3.94. The van der Waals surface area contributed by atoms with Gasteiger partial charge in [-0.25, -0.2) is 14.0 Å². The van der Waals surface area contributed by atoms with Gasteiger partial charge in [0, 0.05) is 42.1 Å². The van der Waals surface area contributed by atoms with Crippen LogP contribution < -0.4 is 25.4 Å². The number of nitrogens with zero attached hydrogens (tertiary/aromatic N) is 2. The number of nitrogens with one attached hydrogen (secondary N) is 3. The zero-order valence-electron chi connectivity index (χ0n) is 25.2. The zero-order chi connectivity index (χ0) is 31.8. The Hall–Kier alpha value is -4.84. The van der Waals surface area contributed by atoms with Crippen LogP contribution in [0.25, 0.3) is 0 Å². The average Bonchev–Trinajstić information content (AvgIpc) is 3.05. The van der Waals surface area contributed by atoms with Gasteiger partial charge in [-0.15, -0.1) is 0 Å². The molecular weight excluding hydrogens is 569 g/mol. The number of rotatable bonds is 8. The summed E-state index contributed by atoms with van der Waals surface area (Å²) in [4.78, 5) is 42.2. The lowest BCUT2D eigenvalue weighted by Crippen LogP contribution is -2.48. The lowest BCUT2D eigenvalue weighted by atomic mass is 10.0. The maximum absolute atomic E-state index is 13.5. The first-order chi connectivity index (χ1) is 21.1. The van der Waals surface area contributed by atoms with Crippen molar-refractivity contribution in [2.75, 3.05) is 49.8 Å². The van der Waals surface area contributed by atoms with Gasteiger partial charge in [-0.1, -0.05) is 6.92 Å². The summed E-state index contributed by atoms with van der Waals surface area (Å²) in [6, 6.07) is 16.1. The van der Waals surface area contributed by atoms with Crippen LogP contribution in [0.2, 0.25) is 0 Å². The molecule has 3 atom stereocenters. The van der Waals surface area contributed by atoms with Gasteiger partial charge in [0.15, 0.2) is 0 Å². The molecule has 234 valence electrons. The van der Waals surface area contributed by atoms with Crippen molar-refractivity contribution in [2.45, 2.75) is 32.4 Å². The molecule has 0 bridgehead atoms. The van der Waals surface area contributed by atoms with E-state index in [1.54, 1.807) is 68.4 Å². The number of aliphatic hydroxyl groups excluding tert-OH is 1. The number of anilines is 3. The highest BCUT2D eigenvalue weighted by molar-refractivity contribution is 6.00. The van der Waals surface area contributed by atoms with Gasteiger partial charge < -0.3 is 40.3 Å². The Morgan fingerprint density at radius 3 is 2.32 bits per heavy atom. The van der Waals surface area contributed by atoms with Crippen LogP contribution in [-0.4, -0.2) is 78.9 Å². The second-order valence-corrected chi connectivity index (χ2v) is 10.8. The molecule has 0 radical (unpaired) electrons. The first-order valence-corrected chi connectivity index (χ1v) is 14.3. The van der Waals surface area contributed by atoms with Crippen molar-refractivity contribution in [1.82, 2.24) is 9.80 Å². The second-order valence-electron chi connectivity index (χ2n) is 10.8. The fourth-order valence-electron chi connectivity index (χ4n) is 4.80. The highest BCUT2D eigenvalue weighted by atomic mass is 19.1. The monoisotopic (exact) mass is 607 g/mol. The number of aliphatic hydroxyl groups is 1. The summed E-state index contributed by atoms with van der Waals surface area (Å²) < 4.78 is 24.9. The third-order valence-electron chi connectivity index (χ3n) is 7.42. The van der Waals surface area contributed by atoms with Crippen LogP contribution in [0.15, 0.2) is 66.7 Å². The molecule has 0 spiro atoms. The Kier molecular flexibility index (Phi) is 10.6. The molecule has 1 aliphatic rings. The van der Waals surface area contributed by atoms with Crippen LogP contribution in [0.5, 0.6) is 11.5 Å². The molecule has 4 rings (SSSR count). The number of urea groups is 2. The minimum absolute atomic E-state index is 0.0182. The topological polar surface area (TPSA) is 132 Å². The highest BCUT2D eigenvalue weighted by Gasteiger charge is 2.32. The predicted octanol–water partition coefficient (Wildman–Crippen LogP) is 4.79. The van der Waals surface area contributed by atoms with Gasteiger partial charge in [-0.05, 0) is 73.7 Å². The molecule has 0 saturated heterocycles. The van der Waals surface area contributed by atoms with Crippen LogP contribution in [0.1, 0.15) is 19.4 Å². The van der Waals surface area contributed by atoms with Crippen LogP contribution in [0, 0.1) is 11.7 Å². The number of likely N-dealkylation sites (N-methyl/N-ethyl adjacent to an activating group) is 1. The molecule has 0 saturated carbocycles. The molecule has 44 heavy (non-hydrogen) atoms. The number of fused-ring (bicyclic) bond motifs is 1.